The van der Waals surface area contributed by atoms with Gasteiger partial charge in [-0.2, -0.15) is 0 Å². The number of methoxy groups -OCH3 is 1. The third kappa shape index (κ3) is 7.55. The fraction of sp³-hybridized carbons (Fsp3) is 0.455. The first-order valence-electron chi connectivity index (χ1n) is 9.40. The fourth-order valence-electron chi connectivity index (χ4n) is 2.97. The van der Waals surface area contributed by atoms with Crippen molar-refractivity contribution in [3.05, 3.63) is 48.0 Å². The van der Waals surface area contributed by atoms with Gasteiger partial charge in [0.25, 0.3) is 0 Å². The van der Waals surface area contributed by atoms with Crippen LogP contribution in [0.2, 0.25) is 0 Å². The summed E-state index contributed by atoms with van der Waals surface area (Å²) < 4.78 is 9.54. The van der Waals surface area contributed by atoms with Crippen molar-refractivity contribution in [3.8, 4) is 11.8 Å². The third-order valence-electron chi connectivity index (χ3n) is 4.45. The first-order valence-corrected chi connectivity index (χ1v) is 9.40. The summed E-state index contributed by atoms with van der Waals surface area (Å²) in [6, 6.07) is 9.72. The van der Waals surface area contributed by atoms with E-state index in [1.165, 1.54) is 7.11 Å². The van der Waals surface area contributed by atoms with Gasteiger partial charge in [0.05, 0.1) is 25.8 Å². The number of benzene rings is 1. The van der Waals surface area contributed by atoms with Crippen LogP contribution < -0.4 is 0 Å². The Balaban J connectivity index is 1.85. The molecular weight excluding hydrogens is 358 g/mol. The Hall–Kier alpha value is -2.62. The van der Waals surface area contributed by atoms with Gasteiger partial charge < -0.3 is 19.5 Å². The van der Waals surface area contributed by atoms with E-state index in [1.807, 2.05) is 36.4 Å². The second kappa shape index (κ2) is 12.0. The molecule has 1 heterocycles. The molecule has 1 aliphatic heterocycles. The number of rotatable bonds is 8. The zero-order valence-corrected chi connectivity index (χ0v) is 16.2. The van der Waals surface area contributed by atoms with Crippen molar-refractivity contribution in [2.45, 2.75) is 37.8 Å². The summed E-state index contributed by atoms with van der Waals surface area (Å²) in [5.74, 6) is 5.33. The topological polar surface area (TPSA) is 76.1 Å². The molecule has 2 rings (SSSR count). The quantitative estimate of drug-likeness (QED) is 0.319. The van der Waals surface area contributed by atoms with E-state index in [1.54, 1.807) is 11.0 Å². The lowest BCUT2D eigenvalue weighted by atomic mass is 9.99. The third-order valence-corrected chi connectivity index (χ3v) is 4.45. The lowest BCUT2D eigenvalue weighted by Gasteiger charge is -2.32. The SMILES string of the molecule is COC(=O)COCC#CCN1C(=O)CCC[C@@H]1/C=C/C(O)Cc1ccccc1. The Morgan fingerprint density at radius 1 is 1.36 bits per heavy atom. The standard InChI is InChI=1S/C22H27NO5/c1-27-22(26)17-28-15-6-5-14-23-19(10-7-11-21(23)25)12-13-20(24)16-18-8-3-2-4-9-18/h2-4,8-9,12-13,19-20,24H,7,10-11,14-17H2,1H3/b13-12+/t19-,20?/m1/s1. The number of aliphatic hydroxyl groups is 1. The predicted molar refractivity (Wildman–Crippen MR) is 105 cm³/mol. The van der Waals surface area contributed by atoms with Crippen LogP contribution in [0.3, 0.4) is 0 Å². The molecule has 1 aromatic carbocycles. The van der Waals surface area contributed by atoms with Crippen LogP contribution in [0.4, 0.5) is 0 Å². The molecular formula is C22H27NO5. The number of aliphatic hydroxyl groups excluding tert-OH is 1. The number of ether oxygens (including phenoxy) is 2. The summed E-state index contributed by atoms with van der Waals surface area (Å²) in [7, 11) is 1.30. The molecule has 0 radical (unpaired) electrons. The molecule has 28 heavy (non-hydrogen) atoms. The summed E-state index contributed by atoms with van der Waals surface area (Å²) >= 11 is 0. The molecule has 1 N–H and O–H groups in total. The largest absolute Gasteiger partial charge is 0.467 e. The van der Waals surface area contributed by atoms with Crippen LogP contribution in [0, 0.1) is 11.8 Å². The zero-order valence-electron chi connectivity index (χ0n) is 16.2. The van der Waals surface area contributed by atoms with E-state index in [9.17, 15) is 14.7 Å². The summed E-state index contributed by atoms with van der Waals surface area (Å²) in [5.41, 5.74) is 1.06. The molecule has 0 aromatic heterocycles. The lowest BCUT2D eigenvalue weighted by molar-refractivity contribution is -0.145. The van der Waals surface area contributed by atoms with Gasteiger partial charge in [-0.3, -0.25) is 4.79 Å². The molecule has 1 unspecified atom stereocenters. The highest BCUT2D eigenvalue weighted by Crippen LogP contribution is 2.19. The molecule has 1 amide bonds. The van der Waals surface area contributed by atoms with E-state index in [0.717, 1.165) is 18.4 Å². The lowest BCUT2D eigenvalue weighted by Crippen LogP contribution is -2.42. The average Bonchev–Trinajstić information content (AvgIpc) is 2.70. The number of nitrogens with zero attached hydrogens (tertiary/aromatic N) is 1. The highest BCUT2D eigenvalue weighted by molar-refractivity contribution is 5.78. The van der Waals surface area contributed by atoms with Crippen molar-refractivity contribution >= 4 is 11.9 Å². The second-order valence-electron chi connectivity index (χ2n) is 6.55. The molecule has 0 bridgehead atoms. The van der Waals surface area contributed by atoms with Crippen LogP contribution in [-0.2, 0) is 25.5 Å². The number of likely N-dealkylation sites (tertiary alicyclic amines) is 1. The predicted octanol–water partition coefficient (Wildman–Crippen LogP) is 1.72. The van der Waals surface area contributed by atoms with E-state index < -0.39 is 12.1 Å². The number of piperidine rings is 1. The maximum atomic E-state index is 12.3. The molecule has 1 fully saturated rings. The highest BCUT2D eigenvalue weighted by Gasteiger charge is 2.25. The highest BCUT2D eigenvalue weighted by atomic mass is 16.6. The van der Waals surface area contributed by atoms with Gasteiger partial charge in [-0.25, -0.2) is 4.79 Å². The van der Waals surface area contributed by atoms with E-state index >= 15 is 0 Å². The average molecular weight is 385 g/mol. The minimum absolute atomic E-state index is 0.0585. The van der Waals surface area contributed by atoms with Crippen molar-refractivity contribution in [1.82, 2.24) is 4.90 Å². The van der Waals surface area contributed by atoms with Gasteiger partial charge in [0.2, 0.25) is 5.91 Å². The molecule has 150 valence electrons. The molecule has 0 spiro atoms. The van der Waals surface area contributed by atoms with Crippen LogP contribution in [0.15, 0.2) is 42.5 Å². The monoisotopic (exact) mass is 385 g/mol. The first kappa shape index (κ1) is 21.7. The van der Waals surface area contributed by atoms with Gasteiger partial charge in [-0.1, -0.05) is 54.3 Å². The normalized spacial score (nSPS) is 17.9. The maximum absolute atomic E-state index is 12.3. The number of carbonyl (C=O) groups excluding carboxylic acids is 2. The summed E-state index contributed by atoms with van der Waals surface area (Å²) in [6.45, 7) is 0.260. The van der Waals surface area contributed by atoms with Crippen LogP contribution in [0.1, 0.15) is 24.8 Å². The molecule has 2 atom stereocenters. The number of hydrogen-bond acceptors (Lipinski definition) is 5. The van der Waals surface area contributed by atoms with E-state index in [2.05, 4.69) is 16.6 Å². The van der Waals surface area contributed by atoms with Crippen molar-refractivity contribution in [3.63, 3.8) is 0 Å². The summed E-state index contributed by atoms with van der Waals surface area (Å²) in [5, 5.41) is 10.3. The van der Waals surface area contributed by atoms with Crippen molar-refractivity contribution in [1.29, 1.82) is 0 Å². The van der Waals surface area contributed by atoms with Crippen molar-refractivity contribution in [2.75, 3.05) is 26.9 Å². The Bertz CT molecular complexity index is 719. The Labute approximate surface area is 166 Å². The van der Waals surface area contributed by atoms with Crippen molar-refractivity contribution < 1.29 is 24.2 Å². The van der Waals surface area contributed by atoms with E-state index in [-0.39, 0.29) is 25.2 Å². The van der Waals surface area contributed by atoms with Crippen LogP contribution in [0.5, 0.6) is 0 Å². The minimum Gasteiger partial charge on any atom is -0.467 e. The van der Waals surface area contributed by atoms with Crippen molar-refractivity contribution in [2.24, 2.45) is 0 Å². The Kier molecular flexibility index (Phi) is 9.26. The van der Waals surface area contributed by atoms with Crippen LogP contribution in [-0.4, -0.2) is 60.9 Å². The molecule has 1 aromatic rings. The van der Waals surface area contributed by atoms with Gasteiger partial charge in [-0.15, -0.1) is 0 Å². The zero-order chi connectivity index (χ0) is 20.2. The van der Waals surface area contributed by atoms with Gasteiger partial charge in [0, 0.05) is 12.8 Å². The minimum atomic E-state index is -0.598. The van der Waals surface area contributed by atoms with Gasteiger partial charge in [0.15, 0.2) is 0 Å². The van der Waals surface area contributed by atoms with Gasteiger partial charge in [-0.05, 0) is 18.4 Å². The number of esters is 1. The second-order valence-corrected chi connectivity index (χ2v) is 6.55. The number of carbonyl (C=O) groups is 2. The number of amides is 1. The molecule has 0 saturated carbocycles. The summed E-state index contributed by atoms with van der Waals surface area (Å²) in [4.78, 5) is 24.9. The van der Waals surface area contributed by atoms with E-state index in [0.29, 0.717) is 19.4 Å². The Morgan fingerprint density at radius 3 is 2.89 bits per heavy atom. The first-order chi connectivity index (χ1) is 13.6. The van der Waals surface area contributed by atoms with Gasteiger partial charge in [0.1, 0.15) is 13.2 Å². The molecule has 6 nitrogen and oxygen atoms in total. The van der Waals surface area contributed by atoms with Crippen LogP contribution in [0.25, 0.3) is 0 Å². The number of hydrogen-bond donors (Lipinski definition) is 1. The molecule has 1 saturated heterocycles. The summed E-state index contributed by atoms with van der Waals surface area (Å²) in [6.07, 6.45) is 5.79. The van der Waals surface area contributed by atoms with Crippen LogP contribution >= 0.6 is 0 Å². The van der Waals surface area contributed by atoms with E-state index in [4.69, 9.17) is 4.74 Å². The molecule has 6 heteroatoms. The smallest absolute Gasteiger partial charge is 0.331 e. The molecule has 1 aliphatic rings. The molecule has 0 aliphatic carbocycles. The fourth-order valence-corrected chi connectivity index (χ4v) is 2.97. The maximum Gasteiger partial charge on any atom is 0.331 e. The van der Waals surface area contributed by atoms with Gasteiger partial charge >= 0.3 is 5.97 Å². The Morgan fingerprint density at radius 2 is 2.14 bits per heavy atom.